The van der Waals surface area contributed by atoms with Crippen LogP contribution in [0.4, 0.5) is 0 Å². The van der Waals surface area contributed by atoms with Gasteiger partial charge in [-0.05, 0) is 56.7 Å². The number of aryl methyl sites for hydroxylation is 3. The molecule has 1 unspecified atom stereocenters. The molecule has 16 heavy (non-hydrogen) atoms. The van der Waals surface area contributed by atoms with Crippen LogP contribution < -0.4 is 5.73 Å². The SMILES string of the molecule is Cc1cc(C)c(CC(C)(N)C(C)C)c(C)c1. The summed E-state index contributed by atoms with van der Waals surface area (Å²) in [5.41, 5.74) is 11.7. The summed E-state index contributed by atoms with van der Waals surface area (Å²) in [5.74, 6) is 0.493. The maximum atomic E-state index is 6.37. The Morgan fingerprint density at radius 2 is 1.56 bits per heavy atom. The second kappa shape index (κ2) is 4.58. The lowest BCUT2D eigenvalue weighted by atomic mass is 9.81. The molecule has 0 fully saturated rings. The molecule has 1 atom stereocenters. The van der Waals surface area contributed by atoms with Crippen molar-refractivity contribution in [2.45, 2.75) is 53.5 Å². The normalized spacial score (nSPS) is 15.2. The fourth-order valence-corrected chi connectivity index (χ4v) is 2.07. The Hall–Kier alpha value is -0.820. The average Bonchev–Trinajstić information content (AvgIpc) is 2.11. The Labute approximate surface area is 100 Å². The minimum absolute atomic E-state index is 0.120. The zero-order valence-electron chi connectivity index (χ0n) is 11.5. The van der Waals surface area contributed by atoms with Gasteiger partial charge in [0.1, 0.15) is 0 Å². The Kier molecular flexibility index (Phi) is 3.80. The van der Waals surface area contributed by atoms with Crippen LogP contribution in [0.1, 0.15) is 43.0 Å². The van der Waals surface area contributed by atoms with Crippen molar-refractivity contribution in [2.75, 3.05) is 0 Å². The van der Waals surface area contributed by atoms with E-state index in [9.17, 15) is 0 Å². The summed E-state index contributed by atoms with van der Waals surface area (Å²) in [6.45, 7) is 13.1. The molecule has 0 bridgehead atoms. The van der Waals surface area contributed by atoms with E-state index in [1.165, 1.54) is 22.3 Å². The van der Waals surface area contributed by atoms with Crippen LogP contribution in [-0.4, -0.2) is 5.54 Å². The predicted molar refractivity (Wildman–Crippen MR) is 71.8 cm³/mol. The third-order valence-electron chi connectivity index (χ3n) is 3.72. The number of nitrogens with two attached hydrogens (primary N) is 1. The molecule has 0 aliphatic rings. The largest absolute Gasteiger partial charge is 0.325 e. The zero-order valence-corrected chi connectivity index (χ0v) is 11.5. The molecule has 0 spiro atoms. The molecule has 90 valence electrons. The van der Waals surface area contributed by atoms with Gasteiger partial charge in [0.05, 0.1) is 0 Å². The maximum Gasteiger partial charge on any atom is 0.0189 e. The Morgan fingerprint density at radius 1 is 1.12 bits per heavy atom. The van der Waals surface area contributed by atoms with Crippen LogP contribution >= 0.6 is 0 Å². The van der Waals surface area contributed by atoms with Crippen LogP contribution in [0.15, 0.2) is 12.1 Å². The molecule has 0 amide bonds. The van der Waals surface area contributed by atoms with Crippen LogP contribution in [0.2, 0.25) is 0 Å². The van der Waals surface area contributed by atoms with Crippen molar-refractivity contribution in [1.82, 2.24) is 0 Å². The summed E-state index contributed by atoms with van der Waals surface area (Å²) in [6.07, 6.45) is 0.961. The third kappa shape index (κ3) is 2.85. The summed E-state index contributed by atoms with van der Waals surface area (Å²) < 4.78 is 0. The van der Waals surface area contributed by atoms with Crippen LogP contribution in [-0.2, 0) is 6.42 Å². The van der Waals surface area contributed by atoms with Gasteiger partial charge in [0.15, 0.2) is 0 Å². The summed E-state index contributed by atoms with van der Waals surface area (Å²) in [6, 6.07) is 4.50. The standard InChI is InChI=1S/C15H25N/c1-10(2)15(6,16)9-14-12(4)7-11(3)8-13(14)5/h7-8,10H,9,16H2,1-6H3. The summed E-state index contributed by atoms with van der Waals surface area (Å²) in [5, 5.41) is 0. The minimum atomic E-state index is -0.120. The van der Waals surface area contributed by atoms with Gasteiger partial charge >= 0.3 is 0 Å². The van der Waals surface area contributed by atoms with Gasteiger partial charge in [0.25, 0.3) is 0 Å². The molecule has 0 saturated carbocycles. The lowest BCUT2D eigenvalue weighted by Gasteiger charge is -2.30. The molecule has 0 saturated heterocycles. The van der Waals surface area contributed by atoms with E-state index in [0.29, 0.717) is 5.92 Å². The molecular formula is C15H25N. The highest BCUT2D eigenvalue weighted by molar-refractivity contribution is 5.38. The van der Waals surface area contributed by atoms with E-state index in [0.717, 1.165) is 6.42 Å². The van der Waals surface area contributed by atoms with Crippen LogP contribution in [0.25, 0.3) is 0 Å². The van der Waals surface area contributed by atoms with E-state index in [-0.39, 0.29) is 5.54 Å². The van der Waals surface area contributed by atoms with Crippen molar-refractivity contribution >= 4 is 0 Å². The fraction of sp³-hybridized carbons (Fsp3) is 0.600. The first-order valence-corrected chi connectivity index (χ1v) is 6.09. The van der Waals surface area contributed by atoms with E-state index >= 15 is 0 Å². The first-order chi connectivity index (χ1) is 7.24. The molecule has 1 rings (SSSR count). The molecule has 1 aromatic carbocycles. The molecule has 0 aromatic heterocycles. The first-order valence-electron chi connectivity index (χ1n) is 6.09. The predicted octanol–water partition coefficient (Wildman–Crippen LogP) is 3.53. The molecule has 0 aliphatic heterocycles. The molecule has 1 heteroatoms. The van der Waals surface area contributed by atoms with Gasteiger partial charge < -0.3 is 5.73 Å². The van der Waals surface area contributed by atoms with Gasteiger partial charge in [-0.25, -0.2) is 0 Å². The Balaban J connectivity index is 3.07. The topological polar surface area (TPSA) is 26.0 Å². The molecule has 1 nitrogen and oxygen atoms in total. The number of rotatable bonds is 3. The Bertz CT molecular complexity index is 352. The minimum Gasteiger partial charge on any atom is -0.325 e. The summed E-state index contributed by atoms with van der Waals surface area (Å²) in [7, 11) is 0. The summed E-state index contributed by atoms with van der Waals surface area (Å²) >= 11 is 0. The highest BCUT2D eigenvalue weighted by Crippen LogP contribution is 2.24. The van der Waals surface area contributed by atoms with Crippen LogP contribution in [0.3, 0.4) is 0 Å². The van der Waals surface area contributed by atoms with E-state index in [2.05, 4.69) is 53.7 Å². The fourth-order valence-electron chi connectivity index (χ4n) is 2.07. The van der Waals surface area contributed by atoms with Crippen molar-refractivity contribution in [3.8, 4) is 0 Å². The van der Waals surface area contributed by atoms with Crippen molar-refractivity contribution in [3.63, 3.8) is 0 Å². The number of benzene rings is 1. The van der Waals surface area contributed by atoms with Gasteiger partial charge in [-0.15, -0.1) is 0 Å². The van der Waals surface area contributed by atoms with Gasteiger partial charge in [-0.2, -0.15) is 0 Å². The van der Waals surface area contributed by atoms with Gasteiger partial charge in [-0.3, -0.25) is 0 Å². The van der Waals surface area contributed by atoms with Crippen LogP contribution in [0, 0.1) is 26.7 Å². The van der Waals surface area contributed by atoms with Gasteiger partial charge in [-0.1, -0.05) is 31.5 Å². The Morgan fingerprint density at radius 3 is 1.94 bits per heavy atom. The summed E-state index contributed by atoms with van der Waals surface area (Å²) in [4.78, 5) is 0. The second-order valence-corrected chi connectivity index (χ2v) is 5.71. The van der Waals surface area contributed by atoms with Gasteiger partial charge in [0, 0.05) is 5.54 Å². The quantitative estimate of drug-likeness (QED) is 0.827. The second-order valence-electron chi connectivity index (χ2n) is 5.71. The molecular weight excluding hydrogens is 194 g/mol. The smallest absolute Gasteiger partial charge is 0.0189 e. The monoisotopic (exact) mass is 219 g/mol. The highest BCUT2D eigenvalue weighted by Gasteiger charge is 2.24. The zero-order chi connectivity index (χ0) is 12.5. The van der Waals surface area contributed by atoms with Crippen molar-refractivity contribution < 1.29 is 0 Å². The molecule has 2 N–H and O–H groups in total. The van der Waals surface area contributed by atoms with Crippen LogP contribution in [0.5, 0.6) is 0 Å². The van der Waals surface area contributed by atoms with Gasteiger partial charge in [0.2, 0.25) is 0 Å². The van der Waals surface area contributed by atoms with E-state index < -0.39 is 0 Å². The first kappa shape index (κ1) is 13.2. The van der Waals surface area contributed by atoms with Crippen molar-refractivity contribution in [1.29, 1.82) is 0 Å². The van der Waals surface area contributed by atoms with E-state index in [4.69, 9.17) is 5.73 Å². The number of hydrogen-bond acceptors (Lipinski definition) is 1. The molecule has 0 aliphatic carbocycles. The molecule has 0 heterocycles. The maximum absolute atomic E-state index is 6.37. The van der Waals surface area contributed by atoms with E-state index in [1.54, 1.807) is 0 Å². The average molecular weight is 219 g/mol. The molecule has 1 aromatic rings. The number of hydrogen-bond donors (Lipinski definition) is 1. The molecule has 0 radical (unpaired) electrons. The van der Waals surface area contributed by atoms with E-state index in [1.807, 2.05) is 0 Å². The van der Waals surface area contributed by atoms with Crippen molar-refractivity contribution in [2.24, 2.45) is 11.7 Å². The third-order valence-corrected chi connectivity index (χ3v) is 3.72. The lowest BCUT2D eigenvalue weighted by Crippen LogP contribution is -2.44. The highest BCUT2D eigenvalue weighted by atomic mass is 14.7. The lowest BCUT2D eigenvalue weighted by molar-refractivity contribution is 0.337. The van der Waals surface area contributed by atoms with Crippen molar-refractivity contribution in [3.05, 3.63) is 34.4 Å².